The van der Waals surface area contributed by atoms with Crippen LogP contribution in [0.1, 0.15) is 11.1 Å². The number of hydrogen-bond donors (Lipinski definition) is 0. The van der Waals surface area contributed by atoms with Gasteiger partial charge >= 0.3 is 0 Å². The molecule has 0 aliphatic heterocycles. The molecule has 0 unspecified atom stereocenters. The molecule has 14 heavy (non-hydrogen) atoms. The van der Waals surface area contributed by atoms with E-state index in [0.717, 1.165) is 5.56 Å². The highest BCUT2D eigenvalue weighted by Crippen LogP contribution is 2.18. The minimum atomic E-state index is 0.614. The summed E-state index contributed by atoms with van der Waals surface area (Å²) in [5, 5.41) is 8.87. The lowest BCUT2D eigenvalue weighted by Gasteiger charge is -2.03. The summed E-state index contributed by atoms with van der Waals surface area (Å²) in [6.07, 6.45) is 1.69. The predicted octanol–water partition coefficient (Wildman–Crippen LogP) is 2.09. The summed E-state index contributed by atoms with van der Waals surface area (Å²) in [5.41, 5.74) is 2.40. The van der Waals surface area contributed by atoms with Crippen LogP contribution in [-0.4, -0.2) is 25.3 Å². The third-order valence-electron chi connectivity index (χ3n) is 1.70. The first-order valence-electron chi connectivity index (χ1n) is 4.35. The van der Waals surface area contributed by atoms with Gasteiger partial charge in [-0.3, -0.25) is 0 Å². The van der Waals surface area contributed by atoms with E-state index in [1.165, 1.54) is 0 Å². The number of hydrogen-bond acceptors (Lipinski definition) is 2. The molecule has 0 saturated heterocycles. The molecule has 0 heterocycles. The van der Waals surface area contributed by atoms with Gasteiger partial charge in [-0.25, -0.2) is 4.99 Å². The van der Waals surface area contributed by atoms with Crippen LogP contribution in [0.15, 0.2) is 23.2 Å². The standard InChI is InChI=1S/C11H13N3/c1-9-4-5-11(10(6-9)7-12)13-8-14(2)3/h4-6,8H,1-3H3. The van der Waals surface area contributed by atoms with Crippen LogP contribution in [0.2, 0.25) is 0 Å². The van der Waals surface area contributed by atoms with Crippen LogP contribution in [0.4, 0.5) is 5.69 Å². The Hall–Kier alpha value is -1.82. The Morgan fingerprint density at radius 1 is 1.43 bits per heavy atom. The highest BCUT2D eigenvalue weighted by atomic mass is 15.1. The normalized spacial score (nSPS) is 10.1. The van der Waals surface area contributed by atoms with Gasteiger partial charge in [0.1, 0.15) is 6.07 Å². The molecule has 0 atom stereocenters. The monoisotopic (exact) mass is 187 g/mol. The van der Waals surface area contributed by atoms with E-state index in [1.807, 2.05) is 44.1 Å². The molecule has 0 aliphatic rings. The van der Waals surface area contributed by atoms with Crippen molar-refractivity contribution in [1.29, 1.82) is 5.26 Å². The summed E-state index contributed by atoms with van der Waals surface area (Å²) in [7, 11) is 3.79. The zero-order valence-corrected chi connectivity index (χ0v) is 8.65. The second-order valence-corrected chi connectivity index (χ2v) is 3.34. The maximum Gasteiger partial charge on any atom is 0.101 e. The van der Waals surface area contributed by atoms with E-state index in [-0.39, 0.29) is 0 Å². The second-order valence-electron chi connectivity index (χ2n) is 3.34. The van der Waals surface area contributed by atoms with E-state index >= 15 is 0 Å². The largest absolute Gasteiger partial charge is 0.369 e. The molecule has 72 valence electrons. The lowest BCUT2D eigenvalue weighted by molar-refractivity contribution is 0.643. The highest BCUT2D eigenvalue weighted by molar-refractivity contribution is 5.65. The third-order valence-corrected chi connectivity index (χ3v) is 1.70. The summed E-state index contributed by atoms with van der Waals surface area (Å²) >= 11 is 0. The molecule has 3 nitrogen and oxygen atoms in total. The number of benzene rings is 1. The first-order valence-corrected chi connectivity index (χ1v) is 4.35. The molecule has 0 spiro atoms. The first-order chi connectivity index (χ1) is 6.63. The van der Waals surface area contributed by atoms with Crippen molar-refractivity contribution >= 4 is 12.0 Å². The fourth-order valence-electron chi connectivity index (χ4n) is 1.03. The average molecular weight is 187 g/mol. The molecule has 0 radical (unpaired) electrons. The number of rotatable bonds is 2. The molecule has 0 aromatic heterocycles. The van der Waals surface area contributed by atoms with Gasteiger partial charge in [0.25, 0.3) is 0 Å². The SMILES string of the molecule is Cc1ccc(N=CN(C)C)c(C#N)c1. The molecule has 0 fully saturated rings. The molecule has 1 rings (SSSR count). The zero-order chi connectivity index (χ0) is 10.6. The molecule has 0 saturated carbocycles. The molecule has 0 amide bonds. The van der Waals surface area contributed by atoms with Crippen LogP contribution >= 0.6 is 0 Å². The summed E-state index contributed by atoms with van der Waals surface area (Å²) in [4.78, 5) is 6.03. The van der Waals surface area contributed by atoms with E-state index in [2.05, 4.69) is 11.1 Å². The molecule has 0 aliphatic carbocycles. The number of aliphatic imine (C=N–C) groups is 1. The van der Waals surface area contributed by atoms with Gasteiger partial charge in [-0.05, 0) is 24.6 Å². The van der Waals surface area contributed by atoms with Crippen molar-refractivity contribution in [2.45, 2.75) is 6.92 Å². The molecule has 1 aromatic carbocycles. The van der Waals surface area contributed by atoms with Gasteiger partial charge in [-0.1, -0.05) is 6.07 Å². The maximum absolute atomic E-state index is 8.87. The van der Waals surface area contributed by atoms with Crippen molar-refractivity contribution in [3.05, 3.63) is 29.3 Å². The number of aryl methyl sites for hydroxylation is 1. The van der Waals surface area contributed by atoms with Crippen LogP contribution in [0.3, 0.4) is 0 Å². The van der Waals surface area contributed by atoms with E-state index < -0.39 is 0 Å². The topological polar surface area (TPSA) is 39.4 Å². The average Bonchev–Trinajstić information content (AvgIpc) is 2.15. The Bertz CT molecular complexity index is 386. The van der Waals surface area contributed by atoms with Gasteiger partial charge in [0.05, 0.1) is 17.6 Å². The minimum absolute atomic E-state index is 0.614. The highest BCUT2D eigenvalue weighted by Gasteiger charge is 1.99. The third kappa shape index (κ3) is 2.60. The Labute approximate surface area is 84.3 Å². The van der Waals surface area contributed by atoms with Gasteiger partial charge in [-0.15, -0.1) is 0 Å². The van der Waals surface area contributed by atoms with Gasteiger partial charge in [-0.2, -0.15) is 5.26 Å². The molecular formula is C11H13N3. The van der Waals surface area contributed by atoms with Crippen molar-refractivity contribution in [2.75, 3.05) is 14.1 Å². The van der Waals surface area contributed by atoms with Crippen LogP contribution in [0.25, 0.3) is 0 Å². The molecule has 0 N–H and O–H groups in total. The fraction of sp³-hybridized carbons (Fsp3) is 0.273. The Morgan fingerprint density at radius 2 is 2.14 bits per heavy atom. The molecule has 3 heteroatoms. The molecular weight excluding hydrogens is 174 g/mol. The summed E-state index contributed by atoms with van der Waals surface area (Å²) in [6, 6.07) is 7.77. The van der Waals surface area contributed by atoms with E-state index in [0.29, 0.717) is 11.3 Å². The lowest BCUT2D eigenvalue weighted by Crippen LogP contribution is -2.07. The first kappa shape index (κ1) is 10.3. The predicted molar refractivity (Wildman–Crippen MR) is 57.7 cm³/mol. The Kier molecular flexibility index (Phi) is 3.24. The second kappa shape index (κ2) is 4.43. The van der Waals surface area contributed by atoms with E-state index in [9.17, 15) is 0 Å². The summed E-state index contributed by atoms with van der Waals surface area (Å²) in [6.45, 7) is 1.96. The molecule has 1 aromatic rings. The van der Waals surface area contributed by atoms with E-state index in [4.69, 9.17) is 5.26 Å². The van der Waals surface area contributed by atoms with Crippen LogP contribution in [0, 0.1) is 18.3 Å². The van der Waals surface area contributed by atoms with Gasteiger partial charge in [0.15, 0.2) is 0 Å². The van der Waals surface area contributed by atoms with Gasteiger partial charge < -0.3 is 4.90 Å². The van der Waals surface area contributed by atoms with E-state index in [1.54, 1.807) is 6.34 Å². The minimum Gasteiger partial charge on any atom is -0.369 e. The summed E-state index contributed by atoms with van der Waals surface area (Å²) < 4.78 is 0. The fourth-order valence-corrected chi connectivity index (χ4v) is 1.03. The number of nitriles is 1. The van der Waals surface area contributed by atoms with Crippen molar-refractivity contribution in [2.24, 2.45) is 4.99 Å². The van der Waals surface area contributed by atoms with Crippen LogP contribution in [-0.2, 0) is 0 Å². The van der Waals surface area contributed by atoms with Gasteiger partial charge in [0, 0.05) is 14.1 Å². The van der Waals surface area contributed by atoms with Crippen molar-refractivity contribution in [3.8, 4) is 6.07 Å². The van der Waals surface area contributed by atoms with Crippen molar-refractivity contribution in [3.63, 3.8) is 0 Å². The van der Waals surface area contributed by atoms with Crippen LogP contribution < -0.4 is 0 Å². The smallest absolute Gasteiger partial charge is 0.101 e. The van der Waals surface area contributed by atoms with Crippen LogP contribution in [0.5, 0.6) is 0 Å². The van der Waals surface area contributed by atoms with Gasteiger partial charge in [0.2, 0.25) is 0 Å². The molecule has 0 bridgehead atoms. The van der Waals surface area contributed by atoms with Crippen molar-refractivity contribution in [1.82, 2.24) is 4.90 Å². The summed E-state index contributed by atoms with van der Waals surface area (Å²) in [5.74, 6) is 0. The number of nitrogens with zero attached hydrogens (tertiary/aromatic N) is 3. The quantitative estimate of drug-likeness (QED) is 0.525. The lowest BCUT2D eigenvalue weighted by atomic mass is 10.1. The van der Waals surface area contributed by atoms with Crippen molar-refractivity contribution < 1.29 is 0 Å². The maximum atomic E-state index is 8.87. The Morgan fingerprint density at radius 3 is 2.71 bits per heavy atom. The zero-order valence-electron chi connectivity index (χ0n) is 8.65. The Balaban J connectivity index is 3.04.